The second-order valence-electron chi connectivity index (χ2n) is 5.16. The van der Waals surface area contributed by atoms with Crippen molar-refractivity contribution in [2.45, 2.75) is 71.6 Å². The molecule has 0 atom stereocenters. The van der Waals surface area contributed by atoms with Crippen LogP contribution in [0.15, 0.2) is 0 Å². The van der Waals surface area contributed by atoms with Crippen LogP contribution in [0.3, 0.4) is 0 Å². The Morgan fingerprint density at radius 3 is 1.50 bits per heavy atom. The summed E-state index contributed by atoms with van der Waals surface area (Å²) in [5.41, 5.74) is 0. The Labute approximate surface area is 126 Å². The minimum absolute atomic E-state index is 0. The molecular weight excluding hydrogens is 265 g/mol. The molecule has 0 amide bonds. The molecule has 0 rings (SSSR count). The zero-order valence-corrected chi connectivity index (χ0v) is 14.0. The third-order valence-electron chi connectivity index (χ3n) is 3.43. The number of halogens is 2. The Bertz CT molecular complexity index is 130. The highest BCUT2D eigenvalue weighted by atomic mass is 35.5. The maximum atomic E-state index is 5.80. The zero-order valence-electron chi connectivity index (χ0n) is 12.4. The van der Waals surface area contributed by atoms with Gasteiger partial charge in [-0.05, 0) is 25.7 Å². The van der Waals surface area contributed by atoms with Crippen LogP contribution < -0.4 is 17.3 Å². The Hall–Kier alpha value is 0.540. The van der Waals surface area contributed by atoms with Gasteiger partial charge >= 0.3 is 0 Å². The van der Waals surface area contributed by atoms with E-state index in [9.17, 15) is 0 Å². The molecule has 0 aromatic heterocycles. The van der Waals surface area contributed by atoms with Crippen molar-refractivity contribution in [3.8, 4) is 0 Å². The molecule has 0 radical (unpaired) electrons. The van der Waals surface area contributed by atoms with Gasteiger partial charge in [0.25, 0.3) is 0 Å². The second-order valence-corrected chi connectivity index (χ2v) is 5.54. The maximum absolute atomic E-state index is 5.80. The summed E-state index contributed by atoms with van der Waals surface area (Å²) in [6.07, 6.45) is 12.3. The van der Waals surface area contributed by atoms with E-state index in [1.165, 1.54) is 77.4 Å². The molecular formula is C15H33Cl2N. The molecule has 3 heteroatoms. The van der Waals surface area contributed by atoms with Crippen LogP contribution >= 0.6 is 11.6 Å². The van der Waals surface area contributed by atoms with E-state index in [-0.39, 0.29) is 12.4 Å². The highest BCUT2D eigenvalue weighted by Crippen LogP contribution is 1.98. The van der Waals surface area contributed by atoms with Crippen molar-refractivity contribution in [1.29, 1.82) is 0 Å². The molecule has 0 spiro atoms. The summed E-state index contributed by atoms with van der Waals surface area (Å²) >= 11 is 5.80. The van der Waals surface area contributed by atoms with Gasteiger partial charge in [-0.15, -0.1) is 11.6 Å². The lowest BCUT2D eigenvalue weighted by atomic mass is 10.1. The number of rotatable bonds is 13. The average molecular weight is 298 g/mol. The van der Waals surface area contributed by atoms with E-state index < -0.39 is 0 Å². The molecule has 0 aliphatic carbocycles. The van der Waals surface area contributed by atoms with Crippen LogP contribution in [0.1, 0.15) is 71.6 Å². The van der Waals surface area contributed by atoms with Crippen LogP contribution in [0.25, 0.3) is 0 Å². The summed E-state index contributed by atoms with van der Waals surface area (Å²) < 4.78 is 0. The minimum Gasteiger partial charge on any atom is -1.00 e. The summed E-state index contributed by atoms with van der Waals surface area (Å²) in [6, 6.07) is 0. The summed E-state index contributed by atoms with van der Waals surface area (Å²) in [7, 11) is 0. The summed E-state index contributed by atoms with van der Waals surface area (Å²) in [6.45, 7) is 8.57. The standard InChI is InChI=1S/C15H32ClN.ClH/c1-3-5-7-9-13-17(15-11-12-16)14-10-8-6-4-2;/h3-15H2,1-2H3;1H. The lowest BCUT2D eigenvalue weighted by molar-refractivity contribution is -0.900. The number of hydrogen-bond donors (Lipinski definition) is 1. The van der Waals surface area contributed by atoms with Crippen LogP contribution in [-0.2, 0) is 0 Å². The van der Waals surface area contributed by atoms with Crippen molar-refractivity contribution in [3.63, 3.8) is 0 Å². The Morgan fingerprint density at radius 1 is 0.667 bits per heavy atom. The van der Waals surface area contributed by atoms with Gasteiger partial charge in [0.2, 0.25) is 0 Å². The lowest BCUT2D eigenvalue weighted by Gasteiger charge is -2.19. The summed E-state index contributed by atoms with van der Waals surface area (Å²) in [4.78, 5) is 1.79. The molecule has 0 unspecified atom stereocenters. The average Bonchev–Trinajstić information content (AvgIpc) is 2.35. The molecule has 0 heterocycles. The fraction of sp³-hybridized carbons (Fsp3) is 1.00. The largest absolute Gasteiger partial charge is 1.00 e. The van der Waals surface area contributed by atoms with Gasteiger partial charge in [0.1, 0.15) is 0 Å². The topological polar surface area (TPSA) is 4.44 Å². The van der Waals surface area contributed by atoms with Gasteiger partial charge in [-0.2, -0.15) is 0 Å². The molecule has 1 nitrogen and oxygen atoms in total. The Morgan fingerprint density at radius 2 is 1.11 bits per heavy atom. The molecule has 0 saturated carbocycles. The van der Waals surface area contributed by atoms with E-state index in [2.05, 4.69) is 13.8 Å². The first-order chi connectivity index (χ1) is 8.35. The van der Waals surface area contributed by atoms with Crippen molar-refractivity contribution < 1.29 is 17.3 Å². The minimum atomic E-state index is 0. The van der Waals surface area contributed by atoms with Gasteiger partial charge in [-0.1, -0.05) is 39.5 Å². The number of hydrogen-bond acceptors (Lipinski definition) is 0. The quantitative estimate of drug-likeness (QED) is 0.376. The van der Waals surface area contributed by atoms with E-state index in [0.29, 0.717) is 0 Å². The molecule has 0 aliphatic heterocycles. The van der Waals surface area contributed by atoms with Crippen LogP contribution in [0.2, 0.25) is 0 Å². The highest BCUT2D eigenvalue weighted by molar-refractivity contribution is 6.17. The third-order valence-corrected chi connectivity index (χ3v) is 3.70. The molecule has 18 heavy (non-hydrogen) atoms. The molecule has 0 saturated heterocycles. The van der Waals surface area contributed by atoms with Crippen molar-refractivity contribution in [3.05, 3.63) is 0 Å². The van der Waals surface area contributed by atoms with Gasteiger partial charge in [0, 0.05) is 12.3 Å². The third kappa shape index (κ3) is 14.6. The van der Waals surface area contributed by atoms with E-state index in [4.69, 9.17) is 11.6 Å². The van der Waals surface area contributed by atoms with Crippen molar-refractivity contribution in [1.82, 2.24) is 0 Å². The van der Waals surface area contributed by atoms with Crippen LogP contribution in [0.4, 0.5) is 0 Å². The molecule has 0 aromatic rings. The molecule has 0 fully saturated rings. The smallest absolute Gasteiger partial charge is 0.0782 e. The van der Waals surface area contributed by atoms with Gasteiger partial charge in [0.05, 0.1) is 19.6 Å². The van der Waals surface area contributed by atoms with Gasteiger partial charge < -0.3 is 17.3 Å². The normalized spacial score (nSPS) is 10.7. The fourth-order valence-electron chi connectivity index (χ4n) is 2.30. The lowest BCUT2D eigenvalue weighted by Crippen LogP contribution is -3.12. The summed E-state index contributed by atoms with van der Waals surface area (Å²) in [5.74, 6) is 0.827. The molecule has 0 aliphatic rings. The Balaban J connectivity index is 0. The van der Waals surface area contributed by atoms with E-state index in [1.54, 1.807) is 4.90 Å². The van der Waals surface area contributed by atoms with Gasteiger partial charge in [-0.3, -0.25) is 0 Å². The van der Waals surface area contributed by atoms with Gasteiger partial charge in [0.15, 0.2) is 0 Å². The van der Waals surface area contributed by atoms with Crippen molar-refractivity contribution in [2.24, 2.45) is 0 Å². The van der Waals surface area contributed by atoms with Crippen LogP contribution in [0, 0.1) is 0 Å². The van der Waals surface area contributed by atoms with Crippen LogP contribution in [-0.4, -0.2) is 25.5 Å². The first kappa shape index (κ1) is 20.8. The SMILES string of the molecule is CCCCCC[NH+](CCCCl)CCCCCC.[Cl-]. The van der Waals surface area contributed by atoms with Crippen LogP contribution in [0.5, 0.6) is 0 Å². The predicted molar refractivity (Wildman–Crippen MR) is 79.2 cm³/mol. The molecule has 1 N–H and O–H groups in total. The number of alkyl halides is 1. The maximum Gasteiger partial charge on any atom is 0.0782 e. The molecule has 112 valence electrons. The molecule has 0 aromatic carbocycles. The Kier molecular flexibility index (Phi) is 20.3. The van der Waals surface area contributed by atoms with E-state index in [0.717, 1.165) is 5.88 Å². The monoisotopic (exact) mass is 297 g/mol. The van der Waals surface area contributed by atoms with E-state index >= 15 is 0 Å². The highest BCUT2D eigenvalue weighted by Gasteiger charge is 2.07. The number of nitrogens with one attached hydrogen (secondary N) is 1. The van der Waals surface area contributed by atoms with Crippen molar-refractivity contribution >= 4 is 11.6 Å². The van der Waals surface area contributed by atoms with Crippen molar-refractivity contribution in [2.75, 3.05) is 25.5 Å². The number of quaternary nitrogens is 1. The fourth-order valence-corrected chi connectivity index (χ4v) is 2.43. The first-order valence-electron chi connectivity index (χ1n) is 7.74. The second kappa shape index (κ2) is 17.5. The first-order valence-corrected chi connectivity index (χ1v) is 8.28. The summed E-state index contributed by atoms with van der Waals surface area (Å²) in [5, 5.41) is 0. The van der Waals surface area contributed by atoms with E-state index in [1.807, 2.05) is 0 Å². The molecule has 0 bridgehead atoms. The predicted octanol–water partition coefficient (Wildman–Crippen LogP) is 0.665. The van der Waals surface area contributed by atoms with Gasteiger partial charge in [-0.25, -0.2) is 0 Å². The zero-order chi connectivity index (χ0) is 12.8. The number of unbranched alkanes of at least 4 members (excludes halogenated alkanes) is 6.